The van der Waals surface area contributed by atoms with Crippen molar-refractivity contribution in [2.45, 2.75) is 25.2 Å². The van der Waals surface area contributed by atoms with Crippen molar-refractivity contribution >= 4 is 23.0 Å². The molecule has 1 aliphatic rings. The van der Waals surface area contributed by atoms with Crippen LogP contribution < -0.4 is 11.1 Å². The van der Waals surface area contributed by atoms with Gasteiger partial charge in [-0.15, -0.1) is 0 Å². The third-order valence-electron chi connectivity index (χ3n) is 4.08. The minimum atomic E-state index is -0.807. The number of oxazole rings is 1. The number of carbonyl (C=O) groups is 2. The predicted molar refractivity (Wildman–Crippen MR) is 84.8 cm³/mol. The Morgan fingerprint density at radius 1 is 1.39 bits per heavy atom. The van der Waals surface area contributed by atoms with Crippen LogP contribution in [-0.4, -0.2) is 41.5 Å². The fourth-order valence-electron chi connectivity index (χ4n) is 2.98. The molecule has 1 aliphatic heterocycles. The molecule has 0 saturated carbocycles. The van der Waals surface area contributed by atoms with E-state index in [0.29, 0.717) is 6.54 Å². The van der Waals surface area contributed by atoms with Gasteiger partial charge in [-0.05, 0) is 31.5 Å². The number of hydrogen-bond acceptors (Lipinski definition) is 5. The smallest absolute Gasteiger partial charge is 0.318 e. The number of urea groups is 1. The number of benzene rings is 1. The quantitative estimate of drug-likeness (QED) is 0.892. The molecule has 0 aliphatic carbocycles. The molecule has 122 valence electrons. The number of hydrogen-bond donors (Lipinski definition) is 2. The third-order valence-corrected chi connectivity index (χ3v) is 4.08. The molecule has 23 heavy (non-hydrogen) atoms. The summed E-state index contributed by atoms with van der Waals surface area (Å²) < 4.78 is 5.86. The second-order valence-corrected chi connectivity index (χ2v) is 5.82. The largest absolute Gasteiger partial charge is 0.440 e. The SMILES string of the molecule is NC(=O)NC(=O)CCN1CCC[C@H](c2nc3ccccc3o2)C1. The van der Waals surface area contributed by atoms with Gasteiger partial charge in [0.1, 0.15) is 5.52 Å². The number of para-hydroxylation sites is 2. The normalized spacial score (nSPS) is 18.9. The molecule has 3 rings (SSSR count). The predicted octanol–water partition coefficient (Wildman–Crippen LogP) is 1.59. The number of rotatable bonds is 4. The molecule has 2 heterocycles. The summed E-state index contributed by atoms with van der Waals surface area (Å²) in [6, 6.07) is 6.93. The topological polar surface area (TPSA) is 101 Å². The van der Waals surface area contributed by atoms with Crippen LogP contribution in [0.5, 0.6) is 0 Å². The Balaban J connectivity index is 1.59. The average molecular weight is 316 g/mol. The van der Waals surface area contributed by atoms with E-state index in [1.54, 1.807) is 0 Å². The Bertz CT molecular complexity index is 679. The molecule has 1 saturated heterocycles. The van der Waals surface area contributed by atoms with Gasteiger partial charge in [0.15, 0.2) is 11.5 Å². The van der Waals surface area contributed by atoms with E-state index < -0.39 is 6.03 Å². The zero-order chi connectivity index (χ0) is 16.2. The summed E-state index contributed by atoms with van der Waals surface area (Å²) in [6.07, 6.45) is 2.31. The molecular weight excluding hydrogens is 296 g/mol. The van der Waals surface area contributed by atoms with Gasteiger partial charge in [-0.2, -0.15) is 0 Å². The number of piperidine rings is 1. The van der Waals surface area contributed by atoms with Crippen molar-refractivity contribution in [1.29, 1.82) is 0 Å². The molecule has 1 aromatic heterocycles. The summed E-state index contributed by atoms with van der Waals surface area (Å²) in [7, 11) is 0. The molecule has 3 N–H and O–H groups in total. The Labute approximate surface area is 133 Å². The van der Waals surface area contributed by atoms with Crippen molar-refractivity contribution in [3.05, 3.63) is 30.2 Å². The lowest BCUT2D eigenvalue weighted by Crippen LogP contribution is -2.40. The Kier molecular flexibility index (Phi) is 4.57. The van der Waals surface area contributed by atoms with E-state index in [1.807, 2.05) is 24.3 Å². The second kappa shape index (κ2) is 6.78. The monoisotopic (exact) mass is 316 g/mol. The first kappa shape index (κ1) is 15.5. The molecule has 1 fully saturated rings. The van der Waals surface area contributed by atoms with Crippen LogP contribution in [0.25, 0.3) is 11.1 Å². The minimum Gasteiger partial charge on any atom is -0.440 e. The Hall–Kier alpha value is -2.41. The number of nitrogens with zero attached hydrogens (tertiary/aromatic N) is 2. The van der Waals surface area contributed by atoms with E-state index in [2.05, 4.69) is 15.2 Å². The molecule has 7 nitrogen and oxygen atoms in total. The van der Waals surface area contributed by atoms with Crippen molar-refractivity contribution in [3.8, 4) is 0 Å². The molecule has 3 amide bonds. The van der Waals surface area contributed by atoms with Gasteiger partial charge in [-0.3, -0.25) is 10.1 Å². The van der Waals surface area contributed by atoms with Crippen molar-refractivity contribution in [1.82, 2.24) is 15.2 Å². The number of imide groups is 1. The van der Waals surface area contributed by atoms with Crippen LogP contribution in [0.15, 0.2) is 28.7 Å². The van der Waals surface area contributed by atoms with E-state index in [-0.39, 0.29) is 18.2 Å². The van der Waals surface area contributed by atoms with Crippen molar-refractivity contribution < 1.29 is 14.0 Å². The summed E-state index contributed by atoms with van der Waals surface area (Å²) in [5, 5.41) is 2.09. The maximum Gasteiger partial charge on any atom is 0.318 e. The first-order chi connectivity index (χ1) is 11.1. The van der Waals surface area contributed by atoms with Gasteiger partial charge in [0.05, 0.1) is 0 Å². The molecule has 1 atom stereocenters. The first-order valence-electron chi connectivity index (χ1n) is 7.79. The van der Waals surface area contributed by atoms with Crippen LogP contribution in [0.4, 0.5) is 4.79 Å². The maximum absolute atomic E-state index is 11.5. The van der Waals surface area contributed by atoms with Crippen LogP contribution in [0.1, 0.15) is 31.1 Å². The molecule has 1 aromatic carbocycles. The Morgan fingerprint density at radius 3 is 3.00 bits per heavy atom. The highest BCUT2D eigenvalue weighted by Crippen LogP contribution is 2.28. The molecule has 0 unspecified atom stereocenters. The number of fused-ring (bicyclic) bond motifs is 1. The molecule has 0 bridgehead atoms. The highest BCUT2D eigenvalue weighted by molar-refractivity contribution is 5.93. The van der Waals surface area contributed by atoms with Gasteiger partial charge in [-0.25, -0.2) is 9.78 Å². The zero-order valence-electron chi connectivity index (χ0n) is 12.8. The van der Waals surface area contributed by atoms with Crippen LogP contribution in [0.3, 0.4) is 0 Å². The lowest BCUT2D eigenvalue weighted by molar-refractivity contribution is -0.120. The van der Waals surface area contributed by atoms with E-state index in [1.165, 1.54) is 0 Å². The van der Waals surface area contributed by atoms with Gasteiger partial charge in [0.2, 0.25) is 5.91 Å². The fraction of sp³-hybridized carbons (Fsp3) is 0.438. The lowest BCUT2D eigenvalue weighted by Gasteiger charge is -2.30. The van der Waals surface area contributed by atoms with Crippen LogP contribution in [-0.2, 0) is 4.79 Å². The van der Waals surface area contributed by atoms with Gasteiger partial charge >= 0.3 is 6.03 Å². The lowest BCUT2D eigenvalue weighted by atomic mass is 9.98. The summed E-state index contributed by atoms with van der Waals surface area (Å²) in [5.41, 5.74) is 6.61. The molecular formula is C16H20N4O3. The van der Waals surface area contributed by atoms with Crippen LogP contribution in [0, 0.1) is 0 Å². The van der Waals surface area contributed by atoms with Crippen molar-refractivity contribution in [2.24, 2.45) is 5.73 Å². The van der Waals surface area contributed by atoms with E-state index in [9.17, 15) is 9.59 Å². The molecule has 7 heteroatoms. The van der Waals surface area contributed by atoms with Crippen molar-refractivity contribution in [2.75, 3.05) is 19.6 Å². The second-order valence-electron chi connectivity index (χ2n) is 5.82. The Morgan fingerprint density at radius 2 is 2.22 bits per heavy atom. The first-order valence-corrected chi connectivity index (χ1v) is 7.79. The van der Waals surface area contributed by atoms with Gasteiger partial charge in [0.25, 0.3) is 0 Å². The molecule has 0 spiro atoms. The number of aromatic nitrogens is 1. The number of nitrogens with two attached hydrogens (primary N) is 1. The molecule has 2 aromatic rings. The van der Waals surface area contributed by atoms with Crippen LogP contribution >= 0.6 is 0 Å². The summed E-state index contributed by atoms with van der Waals surface area (Å²) >= 11 is 0. The average Bonchev–Trinajstić information content (AvgIpc) is 2.97. The van der Waals surface area contributed by atoms with Gasteiger partial charge < -0.3 is 15.1 Å². The number of amides is 3. The maximum atomic E-state index is 11.5. The van der Waals surface area contributed by atoms with Crippen LogP contribution in [0.2, 0.25) is 0 Å². The number of primary amides is 1. The van der Waals surface area contributed by atoms with Gasteiger partial charge in [0, 0.05) is 25.4 Å². The standard InChI is InChI=1S/C16H20N4O3/c17-16(22)19-14(21)7-9-20-8-3-4-11(10-20)15-18-12-5-1-2-6-13(12)23-15/h1-2,5-6,11H,3-4,7-10H2,(H3,17,19,21,22)/t11-/m0/s1. The highest BCUT2D eigenvalue weighted by Gasteiger charge is 2.25. The summed E-state index contributed by atoms with van der Waals surface area (Å²) in [4.78, 5) is 28.9. The third kappa shape index (κ3) is 3.87. The number of carbonyl (C=O) groups excluding carboxylic acids is 2. The van der Waals surface area contributed by atoms with Crippen molar-refractivity contribution in [3.63, 3.8) is 0 Å². The fourth-order valence-corrected chi connectivity index (χ4v) is 2.98. The number of nitrogens with one attached hydrogen (secondary N) is 1. The van der Waals surface area contributed by atoms with Gasteiger partial charge in [-0.1, -0.05) is 12.1 Å². The molecule has 0 radical (unpaired) electrons. The van der Waals surface area contributed by atoms with E-state index in [0.717, 1.165) is 42.9 Å². The highest BCUT2D eigenvalue weighted by atomic mass is 16.3. The summed E-state index contributed by atoms with van der Waals surface area (Å²) in [6.45, 7) is 2.33. The number of likely N-dealkylation sites (tertiary alicyclic amines) is 1. The zero-order valence-corrected chi connectivity index (χ0v) is 12.8. The van der Waals surface area contributed by atoms with E-state index in [4.69, 9.17) is 10.2 Å². The van der Waals surface area contributed by atoms with E-state index >= 15 is 0 Å². The minimum absolute atomic E-state index is 0.232. The summed E-state index contributed by atoms with van der Waals surface area (Å²) in [5.74, 6) is 0.648.